The van der Waals surface area contributed by atoms with Gasteiger partial charge in [-0.25, -0.2) is 4.79 Å². The molecule has 1 unspecified atom stereocenters. The Labute approximate surface area is 187 Å². The number of piperidine rings is 2. The zero-order chi connectivity index (χ0) is 23.0. The maximum atomic E-state index is 13.0. The molecule has 1 aromatic carbocycles. The van der Waals surface area contributed by atoms with Crippen molar-refractivity contribution in [2.24, 2.45) is 0 Å². The smallest absolute Gasteiger partial charge is 0.410 e. The van der Waals surface area contributed by atoms with Crippen molar-refractivity contribution in [3.8, 4) is 0 Å². The van der Waals surface area contributed by atoms with E-state index in [9.17, 15) is 19.2 Å². The van der Waals surface area contributed by atoms with Gasteiger partial charge in [0.1, 0.15) is 11.6 Å². The van der Waals surface area contributed by atoms with E-state index in [4.69, 9.17) is 4.74 Å². The van der Waals surface area contributed by atoms with Gasteiger partial charge in [0, 0.05) is 43.3 Å². The Morgan fingerprint density at radius 1 is 1.12 bits per heavy atom. The maximum Gasteiger partial charge on any atom is 0.410 e. The molecule has 9 heteroatoms. The molecule has 0 radical (unpaired) electrons. The van der Waals surface area contributed by atoms with Gasteiger partial charge in [-0.15, -0.1) is 0 Å². The van der Waals surface area contributed by atoms with Crippen LogP contribution in [0.15, 0.2) is 18.2 Å². The fourth-order valence-corrected chi connectivity index (χ4v) is 4.41. The van der Waals surface area contributed by atoms with Crippen LogP contribution in [-0.2, 0) is 20.9 Å². The first-order valence-electron chi connectivity index (χ1n) is 11.1. The lowest BCUT2D eigenvalue weighted by Crippen LogP contribution is -2.52. The minimum Gasteiger partial charge on any atom is -0.444 e. The summed E-state index contributed by atoms with van der Waals surface area (Å²) < 4.78 is 5.44. The first-order chi connectivity index (χ1) is 15.1. The van der Waals surface area contributed by atoms with E-state index in [1.807, 2.05) is 39.0 Å². The summed E-state index contributed by atoms with van der Waals surface area (Å²) in [7, 11) is 0. The van der Waals surface area contributed by atoms with Crippen molar-refractivity contribution in [3.63, 3.8) is 0 Å². The molecule has 1 atom stereocenters. The molecule has 1 aromatic rings. The van der Waals surface area contributed by atoms with Gasteiger partial charge in [0.2, 0.25) is 11.8 Å². The molecule has 9 nitrogen and oxygen atoms in total. The number of carbonyl (C=O) groups is 4. The highest BCUT2D eigenvalue weighted by Gasteiger charge is 2.39. The molecule has 4 rings (SSSR count). The van der Waals surface area contributed by atoms with E-state index in [1.165, 1.54) is 0 Å². The Kier molecular flexibility index (Phi) is 5.83. The van der Waals surface area contributed by atoms with E-state index in [1.54, 1.807) is 9.80 Å². The summed E-state index contributed by atoms with van der Waals surface area (Å²) in [6.07, 6.45) is 1.88. The van der Waals surface area contributed by atoms with Gasteiger partial charge in [-0.3, -0.25) is 19.7 Å². The van der Waals surface area contributed by atoms with Crippen LogP contribution in [0.5, 0.6) is 0 Å². The van der Waals surface area contributed by atoms with E-state index in [-0.39, 0.29) is 30.4 Å². The minimum absolute atomic E-state index is 0.183. The van der Waals surface area contributed by atoms with Gasteiger partial charge in [0.05, 0.1) is 0 Å². The largest absolute Gasteiger partial charge is 0.444 e. The molecule has 2 fully saturated rings. The molecule has 32 heavy (non-hydrogen) atoms. The van der Waals surface area contributed by atoms with Crippen molar-refractivity contribution in [3.05, 3.63) is 29.3 Å². The van der Waals surface area contributed by atoms with E-state index >= 15 is 0 Å². The van der Waals surface area contributed by atoms with Crippen LogP contribution in [0.1, 0.15) is 62.4 Å². The van der Waals surface area contributed by atoms with Crippen molar-refractivity contribution in [1.29, 1.82) is 0 Å². The number of ether oxygens (including phenoxy) is 1. The van der Waals surface area contributed by atoms with Crippen LogP contribution in [-0.4, -0.2) is 64.4 Å². The van der Waals surface area contributed by atoms with Crippen LogP contribution >= 0.6 is 0 Å². The average Bonchev–Trinajstić information content (AvgIpc) is 3.03. The number of likely N-dealkylation sites (tertiary alicyclic amines) is 1. The molecule has 0 aliphatic carbocycles. The van der Waals surface area contributed by atoms with E-state index in [2.05, 4.69) is 10.6 Å². The summed E-state index contributed by atoms with van der Waals surface area (Å²) in [5.41, 5.74) is 1.80. The second-order valence-electron chi connectivity index (χ2n) is 9.66. The minimum atomic E-state index is -0.610. The summed E-state index contributed by atoms with van der Waals surface area (Å²) in [6, 6.07) is 5.28. The zero-order valence-corrected chi connectivity index (χ0v) is 18.8. The molecular weight excluding hydrogens is 412 g/mol. The number of nitrogens with zero attached hydrogens (tertiary/aromatic N) is 2. The molecule has 0 bridgehead atoms. The van der Waals surface area contributed by atoms with Crippen molar-refractivity contribution in [2.45, 2.75) is 70.7 Å². The lowest BCUT2D eigenvalue weighted by Gasteiger charge is -2.34. The van der Waals surface area contributed by atoms with Gasteiger partial charge >= 0.3 is 6.09 Å². The fraction of sp³-hybridized carbons (Fsp3) is 0.565. The Balaban J connectivity index is 1.35. The Morgan fingerprint density at radius 2 is 1.84 bits per heavy atom. The first kappa shape index (κ1) is 22.1. The molecule has 172 valence electrons. The van der Waals surface area contributed by atoms with Crippen LogP contribution in [0.2, 0.25) is 0 Å². The van der Waals surface area contributed by atoms with E-state index in [0.29, 0.717) is 31.6 Å². The standard InChI is InChI=1S/C23H30N4O5/c1-23(2,3)32-22(31)26-10-8-15(9-11-26)24-16-5-4-14-13-27(21(30)17(14)12-16)18-6-7-19(28)25-20(18)29/h4-5,12,15,18,24H,6-11,13H2,1-3H3,(H,25,28,29). The summed E-state index contributed by atoms with van der Waals surface area (Å²) in [4.78, 5) is 52.1. The SMILES string of the molecule is CC(C)(C)OC(=O)N1CCC(Nc2ccc3c(c2)C(=O)N(C2CCC(=O)NC2=O)C3)CC1. The van der Waals surface area contributed by atoms with E-state index < -0.39 is 17.6 Å². The molecule has 2 saturated heterocycles. The van der Waals surface area contributed by atoms with Crippen molar-refractivity contribution in [2.75, 3.05) is 18.4 Å². The molecular formula is C23H30N4O5. The molecule has 0 saturated carbocycles. The third kappa shape index (κ3) is 4.71. The summed E-state index contributed by atoms with van der Waals surface area (Å²) in [5, 5.41) is 5.80. The lowest BCUT2D eigenvalue weighted by atomic mass is 10.0. The monoisotopic (exact) mass is 442 g/mol. The number of amides is 4. The predicted octanol–water partition coefficient (Wildman–Crippen LogP) is 2.26. The number of rotatable bonds is 3. The fourth-order valence-electron chi connectivity index (χ4n) is 4.41. The highest BCUT2D eigenvalue weighted by molar-refractivity contribution is 6.05. The van der Waals surface area contributed by atoms with Crippen LogP contribution < -0.4 is 10.6 Å². The molecule has 4 amide bonds. The highest BCUT2D eigenvalue weighted by Crippen LogP contribution is 2.30. The molecule has 2 N–H and O–H groups in total. The number of benzene rings is 1. The highest BCUT2D eigenvalue weighted by atomic mass is 16.6. The molecule has 3 aliphatic rings. The number of fused-ring (bicyclic) bond motifs is 1. The normalized spacial score (nSPS) is 22.0. The number of carbonyl (C=O) groups excluding carboxylic acids is 4. The molecule has 3 aliphatic heterocycles. The van der Waals surface area contributed by atoms with Crippen molar-refractivity contribution < 1.29 is 23.9 Å². The number of nitrogens with one attached hydrogen (secondary N) is 2. The number of hydrogen-bond acceptors (Lipinski definition) is 6. The van der Waals surface area contributed by atoms with Gasteiger partial charge < -0.3 is 19.9 Å². The third-order valence-corrected chi connectivity index (χ3v) is 6.05. The van der Waals surface area contributed by atoms with Gasteiger partial charge in [-0.05, 0) is 57.7 Å². The molecule has 0 spiro atoms. The first-order valence-corrected chi connectivity index (χ1v) is 11.1. The summed E-state index contributed by atoms with van der Waals surface area (Å²) in [5.74, 6) is -0.880. The van der Waals surface area contributed by atoms with E-state index in [0.717, 1.165) is 24.1 Å². The van der Waals surface area contributed by atoms with Crippen LogP contribution in [0.25, 0.3) is 0 Å². The molecule has 3 heterocycles. The number of anilines is 1. The maximum absolute atomic E-state index is 13.0. The zero-order valence-electron chi connectivity index (χ0n) is 18.8. The van der Waals surface area contributed by atoms with Crippen LogP contribution in [0.4, 0.5) is 10.5 Å². The van der Waals surface area contributed by atoms with Crippen LogP contribution in [0.3, 0.4) is 0 Å². The van der Waals surface area contributed by atoms with Gasteiger partial charge in [0.25, 0.3) is 5.91 Å². The summed E-state index contributed by atoms with van der Waals surface area (Å²) >= 11 is 0. The quantitative estimate of drug-likeness (QED) is 0.696. The Hall–Kier alpha value is -3.10. The van der Waals surface area contributed by atoms with Gasteiger partial charge in [0.15, 0.2) is 0 Å². The molecule has 0 aromatic heterocycles. The average molecular weight is 443 g/mol. The third-order valence-electron chi connectivity index (χ3n) is 6.05. The summed E-state index contributed by atoms with van der Waals surface area (Å²) in [6.45, 7) is 7.16. The second-order valence-corrected chi connectivity index (χ2v) is 9.66. The van der Waals surface area contributed by atoms with Crippen molar-refractivity contribution >= 4 is 29.5 Å². The lowest BCUT2D eigenvalue weighted by molar-refractivity contribution is -0.136. The Bertz CT molecular complexity index is 946. The number of imide groups is 1. The van der Waals surface area contributed by atoms with Crippen LogP contribution in [0, 0.1) is 0 Å². The number of hydrogen-bond donors (Lipinski definition) is 2. The predicted molar refractivity (Wildman–Crippen MR) is 117 cm³/mol. The van der Waals surface area contributed by atoms with Gasteiger partial charge in [-0.1, -0.05) is 6.07 Å². The Morgan fingerprint density at radius 3 is 2.50 bits per heavy atom. The van der Waals surface area contributed by atoms with Crippen molar-refractivity contribution in [1.82, 2.24) is 15.1 Å². The second kappa shape index (κ2) is 8.44. The van der Waals surface area contributed by atoms with Gasteiger partial charge in [-0.2, -0.15) is 0 Å². The topological polar surface area (TPSA) is 108 Å².